The van der Waals surface area contributed by atoms with Crippen LogP contribution in [0.2, 0.25) is 0 Å². The van der Waals surface area contributed by atoms with Gasteiger partial charge in [0.05, 0.1) is 17.6 Å². The van der Waals surface area contributed by atoms with E-state index in [4.69, 9.17) is 0 Å². The van der Waals surface area contributed by atoms with E-state index in [1.54, 1.807) is 35.2 Å². The van der Waals surface area contributed by atoms with E-state index < -0.39 is 17.1 Å². The summed E-state index contributed by atoms with van der Waals surface area (Å²) in [4.78, 5) is 51.8. The molecule has 7 nitrogen and oxygen atoms in total. The monoisotopic (exact) mass is 402 g/mol. The van der Waals surface area contributed by atoms with Crippen LogP contribution in [0.4, 0.5) is 4.79 Å². The van der Waals surface area contributed by atoms with E-state index in [0.717, 1.165) is 42.3 Å². The number of nitrogens with zero attached hydrogens (tertiary/aromatic N) is 2. The van der Waals surface area contributed by atoms with E-state index in [1.807, 2.05) is 0 Å². The Hall–Kier alpha value is -2.61. The largest absolute Gasteiger partial charge is 0.465 e. The van der Waals surface area contributed by atoms with Crippen LogP contribution in [0.15, 0.2) is 29.2 Å². The molecule has 3 amide bonds. The number of rotatable bonds is 4. The summed E-state index contributed by atoms with van der Waals surface area (Å²) in [7, 11) is 1.30. The van der Waals surface area contributed by atoms with E-state index in [1.165, 1.54) is 7.11 Å². The normalized spacial score (nSPS) is 19.1. The van der Waals surface area contributed by atoms with E-state index in [2.05, 4.69) is 4.74 Å². The minimum Gasteiger partial charge on any atom is -0.465 e. The Morgan fingerprint density at radius 2 is 1.71 bits per heavy atom. The van der Waals surface area contributed by atoms with Gasteiger partial charge in [0.25, 0.3) is 11.1 Å². The number of imide groups is 1. The van der Waals surface area contributed by atoms with Gasteiger partial charge in [-0.3, -0.25) is 19.3 Å². The number of thioether (sulfide) groups is 1. The minimum absolute atomic E-state index is 0.187. The van der Waals surface area contributed by atoms with Crippen LogP contribution in [-0.2, 0) is 14.3 Å². The lowest BCUT2D eigenvalue weighted by atomic mass is 10.1. The molecular weight excluding hydrogens is 380 g/mol. The average Bonchev–Trinajstić information content (AvgIpc) is 2.91. The van der Waals surface area contributed by atoms with Crippen molar-refractivity contribution in [3.63, 3.8) is 0 Å². The smallest absolute Gasteiger partial charge is 0.337 e. The van der Waals surface area contributed by atoms with Crippen molar-refractivity contribution in [3.8, 4) is 0 Å². The zero-order valence-corrected chi connectivity index (χ0v) is 16.5. The molecule has 0 atom stereocenters. The number of carbonyl (C=O) groups excluding carboxylic acids is 4. The number of esters is 1. The minimum atomic E-state index is -0.463. The molecule has 0 bridgehead atoms. The predicted molar refractivity (Wildman–Crippen MR) is 106 cm³/mol. The second kappa shape index (κ2) is 9.05. The van der Waals surface area contributed by atoms with Gasteiger partial charge >= 0.3 is 5.97 Å². The first-order valence-electron chi connectivity index (χ1n) is 9.21. The second-order valence-electron chi connectivity index (χ2n) is 6.68. The molecule has 2 heterocycles. The standard InChI is InChI=1S/C20H22N2O5S/c1-27-19(25)15-8-6-14(7-9-15)12-16-18(24)22(20(26)28-16)13-17(23)21-10-4-2-3-5-11-21/h6-9,12H,2-5,10-11,13H2,1H3/b16-12-. The SMILES string of the molecule is COC(=O)c1ccc(/C=C2\SC(=O)N(CC(=O)N3CCCCCC3)C2=O)cc1. The summed E-state index contributed by atoms with van der Waals surface area (Å²) in [5.41, 5.74) is 1.08. The fourth-order valence-electron chi connectivity index (χ4n) is 3.18. The maximum Gasteiger partial charge on any atom is 0.337 e. The highest BCUT2D eigenvalue weighted by atomic mass is 32.2. The molecule has 0 saturated carbocycles. The van der Waals surface area contributed by atoms with Gasteiger partial charge < -0.3 is 9.64 Å². The van der Waals surface area contributed by atoms with Crippen molar-refractivity contribution < 1.29 is 23.9 Å². The number of likely N-dealkylation sites (tertiary alicyclic amines) is 1. The maximum absolute atomic E-state index is 12.6. The molecule has 0 spiro atoms. The van der Waals surface area contributed by atoms with Crippen LogP contribution in [-0.4, -0.2) is 59.6 Å². The molecule has 0 aliphatic carbocycles. The predicted octanol–water partition coefficient (Wildman–Crippen LogP) is 2.91. The van der Waals surface area contributed by atoms with Crippen LogP contribution in [0.3, 0.4) is 0 Å². The molecule has 0 radical (unpaired) electrons. The first kappa shape index (κ1) is 20.1. The Balaban J connectivity index is 1.68. The van der Waals surface area contributed by atoms with Crippen molar-refractivity contribution in [2.24, 2.45) is 0 Å². The Morgan fingerprint density at radius 3 is 2.32 bits per heavy atom. The van der Waals surface area contributed by atoms with Crippen molar-refractivity contribution in [3.05, 3.63) is 40.3 Å². The highest BCUT2D eigenvalue weighted by molar-refractivity contribution is 8.18. The number of benzene rings is 1. The average molecular weight is 402 g/mol. The topological polar surface area (TPSA) is 84.0 Å². The van der Waals surface area contributed by atoms with Crippen LogP contribution in [0.1, 0.15) is 41.6 Å². The molecule has 2 saturated heterocycles. The Bertz CT molecular complexity index is 810. The summed E-state index contributed by atoms with van der Waals surface area (Å²) in [5.74, 6) is -1.10. The van der Waals surface area contributed by atoms with E-state index in [0.29, 0.717) is 24.2 Å². The van der Waals surface area contributed by atoms with Gasteiger partial charge in [0.1, 0.15) is 6.54 Å². The highest BCUT2D eigenvalue weighted by Crippen LogP contribution is 2.32. The first-order valence-corrected chi connectivity index (χ1v) is 10.0. The zero-order chi connectivity index (χ0) is 20.1. The molecule has 0 N–H and O–H groups in total. The number of hydrogen-bond acceptors (Lipinski definition) is 6. The van der Waals surface area contributed by atoms with E-state index in [-0.39, 0.29) is 17.4 Å². The van der Waals surface area contributed by atoms with Gasteiger partial charge in [-0.2, -0.15) is 0 Å². The highest BCUT2D eigenvalue weighted by Gasteiger charge is 2.37. The fourth-order valence-corrected chi connectivity index (χ4v) is 4.01. The van der Waals surface area contributed by atoms with Gasteiger partial charge in [-0.1, -0.05) is 25.0 Å². The van der Waals surface area contributed by atoms with Crippen molar-refractivity contribution in [1.29, 1.82) is 0 Å². The van der Waals surface area contributed by atoms with Crippen molar-refractivity contribution in [1.82, 2.24) is 9.80 Å². The second-order valence-corrected chi connectivity index (χ2v) is 7.67. The molecule has 3 rings (SSSR count). The van der Waals surface area contributed by atoms with Crippen molar-refractivity contribution in [2.75, 3.05) is 26.7 Å². The third-order valence-electron chi connectivity index (χ3n) is 4.76. The Kier molecular flexibility index (Phi) is 6.51. The van der Waals surface area contributed by atoms with Crippen LogP contribution in [0.5, 0.6) is 0 Å². The first-order chi connectivity index (χ1) is 13.5. The van der Waals surface area contributed by atoms with Gasteiger partial charge in [0.2, 0.25) is 5.91 Å². The molecule has 148 valence electrons. The third-order valence-corrected chi connectivity index (χ3v) is 5.66. The molecule has 1 aromatic carbocycles. The summed E-state index contributed by atoms with van der Waals surface area (Å²) < 4.78 is 4.65. The van der Waals surface area contributed by atoms with Gasteiger partial charge in [-0.05, 0) is 48.4 Å². The van der Waals surface area contributed by atoms with Crippen molar-refractivity contribution in [2.45, 2.75) is 25.7 Å². The number of methoxy groups -OCH3 is 1. The van der Waals surface area contributed by atoms with Gasteiger partial charge in [-0.25, -0.2) is 4.79 Å². The lowest BCUT2D eigenvalue weighted by Gasteiger charge is -2.22. The zero-order valence-electron chi connectivity index (χ0n) is 15.7. The Labute approximate surface area is 167 Å². The molecule has 1 aromatic rings. The van der Waals surface area contributed by atoms with Gasteiger partial charge in [0.15, 0.2) is 0 Å². The summed E-state index contributed by atoms with van der Waals surface area (Å²) in [6, 6.07) is 6.51. The van der Waals surface area contributed by atoms with E-state index in [9.17, 15) is 19.2 Å². The van der Waals surface area contributed by atoms with Crippen LogP contribution < -0.4 is 0 Å². The lowest BCUT2D eigenvalue weighted by Crippen LogP contribution is -2.42. The molecule has 28 heavy (non-hydrogen) atoms. The fraction of sp³-hybridized carbons (Fsp3) is 0.400. The molecule has 0 aromatic heterocycles. The third kappa shape index (κ3) is 4.62. The summed E-state index contributed by atoms with van der Waals surface area (Å²) >= 11 is 0.821. The molecule has 0 unspecified atom stereocenters. The molecule has 8 heteroatoms. The number of amides is 3. The molecule has 2 fully saturated rings. The number of ether oxygens (including phenoxy) is 1. The maximum atomic E-state index is 12.6. The number of hydrogen-bond donors (Lipinski definition) is 0. The van der Waals surface area contributed by atoms with Crippen LogP contribution in [0.25, 0.3) is 6.08 Å². The van der Waals surface area contributed by atoms with Crippen LogP contribution in [0, 0.1) is 0 Å². The Morgan fingerprint density at radius 1 is 1.07 bits per heavy atom. The summed E-state index contributed by atoms with van der Waals surface area (Å²) in [6.45, 7) is 1.14. The summed E-state index contributed by atoms with van der Waals surface area (Å²) in [6.07, 6.45) is 5.69. The molecule has 2 aliphatic heterocycles. The summed E-state index contributed by atoms with van der Waals surface area (Å²) in [5, 5.41) is -0.439. The number of carbonyl (C=O) groups is 4. The molecule has 2 aliphatic rings. The van der Waals surface area contributed by atoms with Gasteiger partial charge in [0, 0.05) is 13.1 Å². The molecular formula is C20H22N2O5S. The van der Waals surface area contributed by atoms with Gasteiger partial charge in [-0.15, -0.1) is 0 Å². The van der Waals surface area contributed by atoms with Crippen molar-refractivity contribution >= 4 is 40.9 Å². The van der Waals surface area contributed by atoms with E-state index >= 15 is 0 Å². The quantitative estimate of drug-likeness (QED) is 0.569. The lowest BCUT2D eigenvalue weighted by molar-refractivity contribution is -0.135. The van der Waals surface area contributed by atoms with Crippen LogP contribution >= 0.6 is 11.8 Å².